The molecule has 0 saturated heterocycles. The van der Waals surface area contributed by atoms with Crippen LogP contribution in [0.1, 0.15) is 30.9 Å². The summed E-state index contributed by atoms with van der Waals surface area (Å²) in [6.45, 7) is 4.56. The molecule has 0 bridgehead atoms. The number of carbonyl (C=O) groups is 1. The molecule has 2 aromatic rings. The van der Waals surface area contributed by atoms with Crippen LogP contribution < -0.4 is 24.8 Å². The predicted octanol–water partition coefficient (Wildman–Crippen LogP) is 4.16. The number of hydrogen-bond acceptors (Lipinski definition) is 4. The van der Waals surface area contributed by atoms with E-state index in [2.05, 4.69) is 24.5 Å². The van der Waals surface area contributed by atoms with Gasteiger partial charge in [-0.05, 0) is 41.3 Å². The summed E-state index contributed by atoms with van der Waals surface area (Å²) in [7, 11) is 4.67. The van der Waals surface area contributed by atoms with Gasteiger partial charge in [-0.2, -0.15) is 0 Å². The highest BCUT2D eigenvalue weighted by Crippen LogP contribution is 2.38. The Morgan fingerprint density at radius 1 is 1.00 bits per heavy atom. The van der Waals surface area contributed by atoms with Crippen molar-refractivity contribution in [3.63, 3.8) is 0 Å². The molecular weight excluding hydrogens is 332 g/mol. The third-order valence-electron chi connectivity index (χ3n) is 3.99. The first-order chi connectivity index (χ1) is 12.5. The monoisotopic (exact) mass is 358 g/mol. The summed E-state index contributed by atoms with van der Waals surface area (Å²) in [5.41, 5.74) is 2.77. The molecule has 2 aromatic carbocycles. The summed E-state index contributed by atoms with van der Waals surface area (Å²) in [6.07, 6.45) is 0. The van der Waals surface area contributed by atoms with Crippen molar-refractivity contribution in [2.45, 2.75) is 26.3 Å². The number of urea groups is 1. The SMILES string of the molecule is COc1cc(CNC(=O)Nc2cccc(C(C)C)c2)cc(OC)c1OC. The predicted molar refractivity (Wildman–Crippen MR) is 102 cm³/mol. The van der Waals surface area contributed by atoms with Crippen molar-refractivity contribution in [3.8, 4) is 17.2 Å². The van der Waals surface area contributed by atoms with E-state index in [4.69, 9.17) is 14.2 Å². The number of nitrogens with one attached hydrogen (secondary N) is 2. The highest BCUT2D eigenvalue weighted by Gasteiger charge is 2.13. The zero-order valence-electron chi connectivity index (χ0n) is 15.9. The normalized spacial score (nSPS) is 10.4. The minimum absolute atomic E-state index is 0.278. The Labute approximate surface area is 154 Å². The van der Waals surface area contributed by atoms with Crippen molar-refractivity contribution in [3.05, 3.63) is 47.5 Å². The van der Waals surface area contributed by atoms with Crippen LogP contribution in [0.25, 0.3) is 0 Å². The summed E-state index contributed by atoms with van der Waals surface area (Å²) >= 11 is 0. The van der Waals surface area contributed by atoms with E-state index in [-0.39, 0.29) is 6.03 Å². The Balaban J connectivity index is 2.04. The Kier molecular flexibility index (Phi) is 6.72. The third-order valence-corrected chi connectivity index (χ3v) is 3.99. The molecular formula is C20H26N2O4. The van der Waals surface area contributed by atoms with Gasteiger partial charge >= 0.3 is 6.03 Å². The van der Waals surface area contributed by atoms with Crippen LogP contribution >= 0.6 is 0 Å². The molecule has 0 atom stereocenters. The standard InChI is InChI=1S/C20H26N2O4/c1-13(2)15-7-6-8-16(11-15)22-20(23)21-12-14-9-17(24-3)19(26-5)18(10-14)25-4/h6-11,13H,12H2,1-5H3,(H2,21,22,23). The van der Waals surface area contributed by atoms with Gasteiger partial charge < -0.3 is 24.8 Å². The minimum atomic E-state index is -0.278. The highest BCUT2D eigenvalue weighted by molar-refractivity contribution is 5.89. The van der Waals surface area contributed by atoms with Crippen LogP contribution in [-0.4, -0.2) is 27.4 Å². The fraction of sp³-hybridized carbons (Fsp3) is 0.350. The topological polar surface area (TPSA) is 68.8 Å². The molecule has 6 nitrogen and oxygen atoms in total. The van der Waals surface area contributed by atoms with E-state index < -0.39 is 0 Å². The molecule has 0 aliphatic carbocycles. The Bertz CT molecular complexity index is 734. The van der Waals surface area contributed by atoms with Crippen molar-refractivity contribution >= 4 is 11.7 Å². The van der Waals surface area contributed by atoms with Gasteiger partial charge in [-0.1, -0.05) is 26.0 Å². The van der Waals surface area contributed by atoms with E-state index in [1.54, 1.807) is 33.5 Å². The molecule has 6 heteroatoms. The first-order valence-electron chi connectivity index (χ1n) is 8.42. The van der Waals surface area contributed by atoms with Gasteiger partial charge in [-0.25, -0.2) is 4.79 Å². The molecule has 0 unspecified atom stereocenters. The van der Waals surface area contributed by atoms with Crippen LogP contribution in [0.2, 0.25) is 0 Å². The van der Waals surface area contributed by atoms with Crippen LogP contribution in [-0.2, 0) is 6.54 Å². The largest absolute Gasteiger partial charge is 0.493 e. The first-order valence-corrected chi connectivity index (χ1v) is 8.42. The van der Waals surface area contributed by atoms with E-state index in [0.717, 1.165) is 11.3 Å². The molecule has 26 heavy (non-hydrogen) atoms. The average Bonchev–Trinajstić information content (AvgIpc) is 2.65. The van der Waals surface area contributed by atoms with E-state index in [1.165, 1.54) is 5.56 Å². The number of benzene rings is 2. The van der Waals surface area contributed by atoms with Crippen LogP contribution in [0.4, 0.5) is 10.5 Å². The summed E-state index contributed by atoms with van der Waals surface area (Å²) in [4.78, 5) is 12.2. The molecule has 0 radical (unpaired) electrons. The van der Waals surface area contributed by atoms with Gasteiger partial charge in [0.05, 0.1) is 21.3 Å². The second-order valence-electron chi connectivity index (χ2n) is 6.12. The van der Waals surface area contributed by atoms with Gasteiger partial charge in [-0.15, -0.1) is 0 Å². The van der Waals surface area contributed by atoms with Gasteiger partial charge in [0.15, 0.2) is 11.5 Å². The molecule has 0 fully saturated rings. The van der Waals surface area contributed by atoms with Crippen LogP contribution in [0, 0.1) is 0 Å². The summed E-state index contributed by atoms with van der Waals surface area (Å²) in [5, 5.41) is 5.68. The Morgan fingerprint density at radius 2 is 1.65 bits per heavy atom. The van der Waals surface area contributed by atoms with Crippen molar-refractivity contribution in [1.82, 2.24) is 5.32 Å². The number of ether oxygens (including phenoxy) is 3. The van der Waals surface area contributed by atoms with Gasteiger partial charge in [0.25, 0.3) is 0 Å². The van der Waals surface area contributed by atoms with Gasteiger partial charge in [0.1, 0.15) is 0 Å². The Morgan fingerprint density at radius 3 is 2.19 bits per heavy atom. The van der Waals surface area contributed by atoms with Crippen LogP contribution in [0.15, 0.2) is 36.4 Å². The maximum Gasteiger partial charge on any atom is 0.319 e. The van der Waals surface area contributed by atoms with E-state index in [1.807, 2.05) is 24.3 Å². The number of amides is 2. The lowest BCUT2D eigenvalue weighted by atomic mass is 10.0. The average molecular weight is 358 g/mol. The quantitative estimate of drug-likeness (QED) is 0.780. The van der Waals surface area contributed by atoms with Gasteiger partial charge in [-0.3, -0.25) is 0 Å². The zero-order valence-corrected chi connectivity index (χ0v) is 15.9. The molecule has 0 saturated carbocycles. The second kappa shape index (κ2) is 8.99. The number of rotatable bonds is 7. The fourth-order valence-corrected chi connectivity index (χ4v) is 2.57. The molecule has 140 valence electrons. The first kappa shape index (κ1) is 19.4. The second-order valence-corrected chi connectivity index (χ2v) is 6.12. The molecule has 0 aliphatic heterocycles. The van der Waals surface area contributed by atoms with Gasteiger partial charge in [0, 0.05) is 12.2 Å². The lowest BCUT2D eigenvalue weighted by molar-refractivity contribution is 0.251. The third kappa shape index (κ3) is 4.81. The highest BCUT2D eigenvalue weighted by atomic mass is 16.5. The van der Waals surface area contributed by atoms with E-state index in [9.17, 15) is 4.79 Å². The molecule has 0 aliphatic rings. The zero-order chi connectivity index (χ0) is 19.1. The number of methoxy groups -OCH3 is 3. The Hall–Kier alpha value is -2.89. The fourth-order valence-electron chi connectivity index (χ4n) is 2.57. The molecule has 2 N–H and O–H groups in total. The van der Waals surface area contributed by atoms with E-state index >= 15 is 0 Å². The molecule has 0 heterocycles. The van der Waals surface area contributed by atoms with Crippen molar-refractivity contribution in [2.75, 3.05) is 26.6 Å². The maximum absolute atomic E-state index is 12.2. The van der Waals surface area contributed by atoms with E-state index in [0.29, 0.717) is 29.7 Å². The van der Waals surface area contributed by atoms with Crippen LogP contribution in [0.5, 0.6) is 17.2 Å². The van der Waals surface area contributed by atoms with Crippen molar-refractivity contribution in [2.24, 2.45) is 0 Å². The van der Waals surface area contributed by atoms with Crippen molar-refractivity contribution in [1.29, 1.82) is 0 Å². The van der Waals surface area contributed by atoms with Crippen molar-refractivity contribution < 1.29 is 19.0 Å². The molecule has 2 rings (SSSR count). The molecule has 2 amide bonds. The smallest absolute Gasteiger partial charge is 0.319 e. The van der Waals surface area contributed by atoms with Crippen LogP contribution in [0.3, 0.4) is 0 Å². The lowest BCUT2D eigenvalue weighted by Crippen LogP contribution is -2.28. The maximum atomic E-state index is 12.2. The minimum Gasteiger partial charge on any atom is -0.493 e. The number of hydrogen-bond donors (Lipinski definition) is 2. The number of anilines is 1. The summed E-state index contributed by atoms with van der Waals surface area (Å²) in [6, 6.07) is 11.2. The molecule has 0 spiro atoms. The number of carbonyl (C=O) groups excluding carboxylic acids is 1. The van der Waals surface area contributed by atoms with Gasteiger partial charge in [0.2, 0.25) is 5.75 Å². The summed E-state index contributed by atoms with van der Waals surface area (Å²) < 4.78 is 15.9. The lowest BCUT2D eigenvalue weighted by Gasteiger charge is -2.15. The summed E-state index contributed by atoms with van der Waals surface area (Å²) in [5.74, 6) is 2.02. The molecule has 0 aromatic heterocycles.